The van der Waals surface area contributed by atoms with Crippen molar-refractivity contribution in [3.05, 3.63) is 36.1 Å². The standard InChI is InChI=1S/C25H36N2O7S/c1-32-21-7-9-22(10-8-21)35(30,31)27(13-15-28)14-16-33-24-18-20(19-5-3-2-4-6-19)17-23(34-24)25(29)26-11-12-26/h7-10,17,19-20,24,28H,2-6,11-16,18H2,1H3/t20-,24+/m1/s1. The molecule has 1 aromatic carbocycles. The second-order valence-corrected chi connectivity index (χ2v) is 11.3. The molecule has 35 heavy (non-hydrogen) atoms. The molecule has 2 atom stereocenters. The largest absolute Gasteiger partial charge is 0.497 e. The Labute approximate surface area is 207 Å². The Hall–Kier alpha value is -2.14. The zero-order valence-electron chi connectivity index (χ0n) is 20.3. The van der Waals surface area contributed by atoms with Gasteiger partial charge >= 0.3 is 0 Å². The van der Waals surface area contributed by atoms with Gasteiger partial charge in [0.25, 0.3) is 5.91 Å². The van der Waals surface area contributed by atoms with Crippen LogP contribution < -0.4 is 4.74 Å². The van der Waals surface area contributed by atoms with E-state index in [0.29, 0.717) is 23.8 Å². The highest BCUT2D eigenvalue weighted by Gasteiger charge is 2.36. The molecule has 194 valence electrons. The van der Waals surface area contributed by atoms with E-state index in [4.69, 9.17) is 14.2 Å². The summed E-state index contributed by atoms with van der Waals surface area (Å²) in [4.78, 5) is 14.5. The molecule has 1 N–H and O–H groups in total. The first-order valence-electron chi connectivity index (χ1n) is 12.5. The lowest BCUT2D eigenvalue weighted by Gasteiger charge is -2.35. The summed E-state index contributed by atoms with van der Waals surface area (Å²) < 4.78 is 44.4. The lowest BCUT2D eigenvalue weighted by Crippen LogP contribution is -2.38. The van der Waals surface area contributed by atoms with Crippen LogP contribution in [-0.2, 0) is 24.3 Å². The Kier molecular flexibility index (Phi) is 8.69. The van der Waals surface area contributed by atoms with Gasteiger partial charge in [-0.1, -0.05) is 19.3 Å². The molecule has 10 heteroatoms. The number of amides is 1. The number of hydrogen-bond donors (Lipinski definition) is 1. The van der Waals surface area contributed by atoms with Gasteiger partial charge in [-0.25, -0.2) is 8.42 Å². The summed E-state index contributed by atoms with van der Waals surface area (Å²) in [6.45, 7) is 1.28. The number of aliphatic hydroxyl groups is 1. The van der Waals surface area contributed by atoms with E-state index in [9.17, 15) is 18.3 Å². The lowest BCUT2D eigenvalue weighted by molar-refractivity contribution is -0.154. The minimum Gasteiger partial charge on any atom is -0.497 e. The van der Waals surface area contributed by atoms with E-state index >= 15 is 0 Å². The van der Waals surface area contributed by atoms with Crippen LogP contribution in [-0.4, -0.2) is 81.4 Å². The predicted molar refractivity (Wildman–Crippen MR) is 129 cm³/mol. The molecule has 0 bridgehead atoms. The number of carbonyl (C=O) groups is 1. The molecule has 3 aliphatic rings. The topological polar surface area (TPSA) is 105 Å². The average Bonchev–Trinajstić information content (AvgIpc) is 3.74. The molecule has 1 aromatic rings. The van der Waals surface area contributed by atoms with E-state index in [1.807, 2.05) is 6.08 Å². The molecule has 1 amide bonds. The molecule has 1 saturated heterocycles. The van der Waals surface area contributed by atoms with E-state index in [1.54, 1.807) is 17.0 Å². The summed E-state index contributed by atoms with van der Waals surface area (Å²) in [6.07, 6.45) is 7.98. The van der Waals surface area contributed by atoms with Gasteiger partial charge in [-0.15, -0.1) is 0 Å². The SMILES string of the molecule is COc1ccc(S(=O)(=O)N(CCO)CCO[C@@H]2C[C@H](C3CCCCC3)C=C(C(=O)N3CC3)O2)cc1. The molecule has 0 spiro atoms. The monoisotopic (exact) mass is 508 g/mol. The minimum atomic E-state index is -3.82. The van der Waals surface area contributed by atoms with E-state index in [1.165, 1.54) is 42.8 Å². The van der Waals surface area contributed by atoms with Crippen LogP contribution in [0.1, 0.15) is 38.5 Å². The van der Waals surface area contributed by atoms with Crippen molar-refractivity contribution in [1.82, 2.24) is 9.21 Å². The summed E-state index contributed by atoms with van der Waals surface area (Å²) in [5, 5.41) is 9.47. The maximum Gasteiger partial charge on any atom is 0.288 e. The Morgan fingerprint density at radius 3 is 2.49 bits per heavy atom. The molecule has 2 heterocycles. The molecule has 2 aliphatic heterocycles. The summed E-state index contributed by atoms with van der Waals surface area (Å²) in [5.74, 6) is 1.54. The fraction of sp³-hybridized carbons (Fsp3) is 0.640. The predicted octanol–water partition coefficient (Wildman–Crippen LogP) is 2.36. The van der Waals surface area contributed by atoms with Gasteiger partial charge < -0.3 is 24.2 Å². The first kappa shape index (κ1) is 25.9. The van der Waals surface area contributed by atoms with E-state index in [-0.39, 0.29) is 43.0 Å². The number of aliphatic hydroxyl groups excluding tert-OH is 1. The number of benzene rings is 1. The Morgan fingerprint density at radius 2 is 1.86 bits per heavy atom. The number of ether oxygens (including phenoxy) is 3. The van der Waals surface area contributed by atoms with E-state index < -0.39 is 16.3 Å². The van der Waals surface area contributed by atoms with Crippen molar-refractivity contribution in [2.75, 3.05) is 46.5 Å². The van der Waals surface area contributed by atoms with Crippen LogP contribution in [0.25, 0.3) is 0 Å². The van der Waals surface area contributed by atoms with Gasteiger partial charge in [0, 0.05) is 32.6 Å². The number of rotatable bonds is 11. The molecule has 0 aromatic heterocycles. The third-order valence-electron chi connectivity index (χ3n) is 6.98. The van der Waals surface area contributed by atoms with Crippen LogP contribution in [0.4, 0.5) is 0 Å². The van der Waals surface area contributed by atoms with Gasteiger partial charge in [0.15, 0.2) is 5.76 Å². The first-order valence-corrected chi connectivity index (χ1v) is 13.9. The number of nitrogens with zero attached hydrogens (tertiary/aromatic N) is 2. The third-order valence-corrected chi connectivity index (χ3v) is 8.89. The Balaban J connectivity index is 1.39. The Morgan fingerprint density at radius 1 is 1.14 bits per heavy atom. The van der Waals surface area contributed by atoms with Crippen LogP contribution in [0.3, 0.4) is 0 Å². The van der Waals surface area contributed by atoms with E-state index in [2.05, 4.69) is 0 Å². The molecular weight excluding hydrogens is 472 g/mol. The van der Waals surface area contributed by atoms with Gasteiger partial charge in [0.1, 0.15) is 5.75 Å². The van der Waals surface area contributed by atoms with Gasteiger partial charge in [0.2, 0.25) is 16.3 Å². The second kappa shape index (κ2) is 11.7. The molecule has 1 aliphatic carbocycles. The van der Waals surface area contributed by atoms with Crippen molar-refractivity contribution in [3.8, 4) is 5.75 Å². The molecule has 2 fully saturated rings. The van der Waals surface area contributed by atoms with Gasteiger partial charge in [-0.2, -0.15) is 4.31 Å². The zero-order chi connectivity index (χ0) is 24.8. The lowest BCUT2D eigenvalue weighted by atomic mass is 9.77. The van der Waals surface area contributed by atoms with Crippen LogP contribution >= 0.6 is 0 Å². The van der Waals surface area contributed by atoms with Crippen molar-refractivity contribution < 1.29 is 32.5 Å². The highest BCUT2D eigenvalue weighted by atomic mass is 32.2. The number of hydrogen-bond acceptors (Lipinski definition) is 7. The number of carbonyl (C=O) groups excluding carboxylic acids is 1. The van der Waals surface area contributed by atoms with Crippen molar-refractivity contribution in [1.29, 1.82) is 0 Å². The van der Waals surface area contributed by atoms with Crippen molar-refractivity contribution in [3.63, 3.8) is 0 Å². The Bertz CT molecular complexity index is 986. The van der Waals surface area contributed by atoms with Crippen molar-refractivity contribution in [2.24, 2.45) is 11.8 Å². The van der Waals surface area contributed by atoms with Crippen molar-refractivity contribution >= 4 is 15.9 Å². The van der Waals surface area contributed by atoms with E-state index in [0.717, 1.165) is 25.9 Å². The van der Waals surface area contributed by atoms with Crippen LogP contribution in [0, 0.1) is 11.8 Å². The fourth-order valence-electron chi connectivity index (χ4n) is 4.88. The highest BCUT2D eigenvalue weighted by Crippen LogP contribution is 2.37. The fourth-order valence-corrected chi connectivity index (χ4v) is 6.30. The number of methoxy groups -OCH3 is 1. The minimum absolute atomic E-state index is 0.0491. The maximum atomic E-state index is 13.1. The van der Waals surface area contributed by atoms with Crippen LogP contribution in [0.15, 0.2) is 41.0 Å². The zero-order valence-corrected chi connectivity index (χ0v) is 21.1. The first-order chi connectivity index (χ1) is 16.9. The summed E-state index contributed by atoms with van der Waals surface area (Å²) >= 11 is 0. The molecule has 9 nitrogen and oxygen atoms in total. The molecule has 1 saturated carbocycles. The molecular formula is C25H36N2O7S. The number of allylic oxidation sites excluding steroid dienone is 1. The molecule has 0 unspecified atom stereocenters. The van der Waals surface area contributed by atoms with Crippen LogP contribution in [0.5, 0.6) is 5.75 Å². The average molecular weight is 509 g/mol. The number of sulfonamides is 1. The normalized spacial score (nSPS) is 23.1. The smallest absolute Gasteiger partial charge is 0.288 e. The second-order valence-electron chi connectivity index (χ2n) is 9.34. The summed E-state index contributed by atoms with van der Waals surface area (Å²) in [6, 6.07) is 6.13. The van der Waals surface area contributed by atoms with Gasteiger partial charge in [-0.3, -0.25) is 4.79 Å². The van der Waals surface area contributed by atoms with Crippen molar-refractivity contribution in [2.45, 2.75) is 49.7 Å². The quantitative estimate of drug-likeness (QED) is 0.458. The van der Waals surface area contributed by atoms with Gasteiger partial charge in [-0.05, 0) is 55.0 Å². The summed E-state index contributed by atoms with van der Waals surface area (Å²) in [7, 11) is -2.31. The van der Waals surface area contributed by atoms with Crippen LogP contribution in [0.2, 0.25) is 0 Å². The maximum absolute atomic E-state index is 13.1. The molecule has 0 radical (unpaired) electrons. The molecule has 4 rings (SSSR count). The highest BCUT2D eigenvalue weighted by molar-refractivity contribution is 7.89. The third kappa shape index (κ3) is 6.55. The van der Waals surface area contributed by atoms with Gasteiger partial charge in [0.05, 0.1) is 25.2 Å². The summed E-state index contributed by atoms with van der Waals surface area (Å²) in [5.41, 5.74) is 0.